The Bertz CT molecular complexity index is 397. The van der Waals surface area contributed by atoms with Gasteiger partial charge in [-0.05, 0) is 13.0 Å². The summed E-state index contributed by atoms with van der Waals surface area (Å²) < 4.78 is 4.80. The molecule has 0 saturated carbocycles. The van der Waals surface area contributed by atoms with Crippen LogP contribution in [-0.4, -0.2) is 35.0 Å². The molecule has 5 nitrogen and oxygen atoms in total. The monoisotopic (exact) mass is 208 g/mol. The minimum atomic E-state index is -0.561. The molecule has 0 radical (unpaired) electrons. The fraction of sp³-hybridized carbons (Fsp3) is 0.400. The van der Waals surface area contributed by atoms with Crippen LogP contribution < -0.4 is 0 Å². The lowest BCUT2D eigenvalue weighted by atomic mass is 10.1. The van der Waals surface area contributed by atoms with Crippen molar-refractivity contribution < 1.29 is 14.3 Å². The number of carbonyl (C=O) groups excluding carboxylic acids is 2. The number of nitrogens with zero attached hydrogens (tertiary/aromatic N) is 1. The predicted molar refractivity (Wildman–Crippen MR) is 52.6 cm³/mol. The first kappa shape index (κ1) is 9.76. The highest BCUT2D eigenvalue weighted by Gasteiger charge is 2.30. The third kappa shape index (κ3) is 1.60. The predicted octanol–water partition coefficient (Wildman–Crippen LogP) is 1.17. The van der Waals surface area contributed by atoms with Gasteiger partial charge in [-0.1, -0.05) is 0 Å². The molecule has 5 heteroatoms. The molecule has 0 fully saturated rings. The Morgan fingerprint density at radius 2 is 2.47 bits per heavy atom. The van der Waals surface area contributed by atoms with E-state index in [4.69, 9.17) is 4.74 Å². The Kier molecular flexibility index (Phi) is 2.45. The van der Waals surface area contributed by atoms with Gasteiger partial charge in [0.15, 0.2) is 0 Å². The quantitative estimate of drug-likeness (QED) is 0.753. The topological polar surface area (TPSA) is 62.4 Å². The minimum Gasteiger partial charge on any atom is -0.449 e. The maximum absolute atomic E-state index is 11.8. The summed E-state index contributed by atoms with van der Waals surface area (Å²) in [5.74, 6) is -0.282. The molecular formula is C10H12N2O3. The van der Waals surface area contributed by atoms with E-state index >= 15 is 0 Å². The Labute approximate surface area is 87.0 Å². The molecule has 0 unspecified atom stereocenters. The standard InChI is InChI=1S/C10H12N2O3/c1-2-15-10(14)12-6-4-8-7(9(12)13)3-5-11-8/h3,5,11H,2,4,6H2,1H3. The van der Waals surface area contributed by atoms with Crippen molar-refractivity contribution >= 4 is 12.0 Å². The fourth-order valence-corrected chi connectivity index (χ4v) is 1.66. The number of amides is 2. The number of hydrogen-bond donors (Lipinski definition) is 1. The van der Waals surface area contributed by atoms with E-state index in [1.54, 1.807) is 19.2 Å². The van der Waals surface area contributed by atoms with E-state index in [9.17, 15) is 9.59 Å². The van der Waals surface area contributed by atoms with Crippen molar-refractivity contribution in [2.45, 2.75) is 13.3 Å². The SMILES string of the molecule is CCOC(=O)N1CCc2[nH]ccc2C1=O. The number of carbonyl (C=O) groups is 2. The number of nitrogens with one attached hydrogen (secondary N) is 1. The van der Waals surface area contributed by atoms with Crippen LogP contribution in [0.3, 0.4) is 0 Å². The number of hydrogen-bond acceptors (Lipinski definition) is 3. The average molecular weight is 208 g/mol. The fourth-order valence-electron chi connectivity index (χ4n) is 1.66. The lowest BCUT2D eigenvalue weighted by Gasteiger charge is -2.23. The van der Waals surface area contributed by atoms with Crippen LogP contribution in [-0.2, 0) is 11.2 Å². The summed E-state index contributed by atoms with van der Waals surface area (Å²) in [6.07, 6.45) is 1.80. The van der Waals surface area contributed by atoms with Gasteiger partial charge in [-0.3, -0.25) is 4.79 Å². The average Bonchev–Trinajstić information content (AvgIpc) is 2.67. The molecule has 0 saturated heterocycles. The summed E-state index contributed by atoms with van der Waals surface area (Å²) in [6, 6.07) is 1.68. The van der Waals surface area contributed by atoms with Crippen LogP contribution in [0.1, 0.15) is 23.0 Å². The molecule has 2 rings (SSSR count). The van der Waals surface area contributed by atoms with Crippen molar-refractivity contribution in [1.29, 1.82) is 0 Å². The molecule has 0 bridgehead atoms. The lowest BCUT2D eigenvalue weighted by Crippen LogP contribution is -2.42. The van der Waals surface area contributed by atoms with Crippen molar-refractivity contribution in [3.05, 3.63) is 23.5 Å². The summed E-state index contributed by atoms with van der Waals surface area (Å²) in [4.78, 5) is 27.3. The molecular weight excluding hydrogens is 196 g/mol. The van der Waals surface area contributed by atoms with E-state index in [-0.39, 0.29) is 12.5 Å². The number of aromatic amines is 1. The van der Waals surface area contributed by atoms with E-state index in [0.717, 1.165) is 10.6 Å². The van der Waals surface area contributed by atoms with Crippen LogP contribution in [0.15, 0.2) is 12.3 Å². The third-order valence-corrected chi connectivity index (χ3v) is 2.38. The smallest absolute Gasteiger partial charge is 0.416 e. The van der Waals surface area contributed by atoms with Crippen molar-refractivity contribution in [3.8, 4) is 0 Å². The second-order valence-electron chi connectivity index (χ2n) is 3.28. The second-order valence-corrected chi connectivity index (χ2v) is 3.28. The molecule has 1 aromatic heterocycles. The van der Waals surface area contributed by atoms with Gasteiger partial charge in [-0.15, -0.1) is 0 Å². The van der Waals surface area contributed by atoms with Gasteiger partial charge < -0.3 is 9.72 Å². The second kappa shape index (κ2) is 3.76. The molecule has 0 atom stereocenters. The highest BCUT2D eigenvalue weighted by molar-refractivity contribution is 6.04. The van der Waals surface area contributed by atoms with Crippen LogP contribution in [0.25, 0.3) is 0 Å². The molecule has 0 aliphatic carbocycles. The van der Waals surface area contributed by atoms with Crippen molar-refractivity contribution in [2.75, 3.05) is 13.2 Å². The molecule has 1 aliphatic rings. The largest absolute Gasteiger partial charge is 0.449 e. The first-order valence-electron chi connectivity index (χ1n) is 4.89. The van der Waals surface area contributed by atoms with Crippen molar-refractivity contribution in [1.82, 2.24) is 9.88 Å². The number of rotatable bonds is 1. The number of ether oxygens (including phenoxy) is 1. The Morgan fingerprint density at radius 3 is 3.20 bits per heavy atom. The van der Waals surface area contributed by atoms with E-state index in [1.807, 2.05) is 0 Å². The van der Waals surface area contributed by atoms with Gasteiger partial charge in [0.2, 0.25) is 0 Å². The molecule has 80 valence electrons. The zero-order valence-electron chi connectivity index (χ0n) is 8.45. The number of fused-ring (bicyclic) bond motifs is 1. The maximum atomic E-state index is 11.8. The van der Waals surface area contributed by atoms with Crippen molar-refractivity contribution in [3.63, 3.8) is 0 Å². The van der Waals surface area contributed by atoms with E-state index in [1.165, 1.54) is 0 Å². The molecule has 1 N–H and O–H groups in total. The van der Waals surface area contributed by atoms with Gasteiger partial charge in [0.1, 0.15) is 0 Å². The Balaban J connectivity index is 2.20. The van der Waals surface area contributed by atoms with Crippen LogP contribution in [0, 0.1) is 0 Å². The molecule has 15 heavy (non-hydrogen) atoms. The maximum Gasteiger partial charge on any atom is 0.416 e. The van der Waals surface area contributed by atoms with Crippen LogP contribution in [0.2, 0.25) is 0 Å². The minimum absolute atomic E-state index is 0.280. The molecule has 0 aromatic carbocycles. The van der Waals surface area contributed by atoms with Gasteiger partial charge in [-0.2, -0.15) is 0 Å². The van der Waals surface area contributed by atoms with Crippen molar-refractivity contribution in [2.24, 2.45) is 0 Å². The van der Waals surface area contributed by atoms with Gasteiger partial charge in [0.05, 0.1) is 12.2 Å². The molecule has 2 heterocycles. The lowest BCUT2D eigenvalue weighted by molar-refractivity contribution is 0.0657. The summed E-state index contributed by atoms with van der Waals surface area (Å²) >= 11 is 0. The highest BCUT2D eigenvalue weighted by Crippen LogP contribution is 2.17. The van der Waals surface area contributed by atoms with E-state index in [2.05, 4.69) is 4.98 Å². The highest BCUT2D eigenvalue weighted by atomic mass is 16.6. The van der Waals surface area contributed by atoms with Gasteiger partial charge in [0.25, 0.3) is 5.91 Å². The summed E-state index contributed by atoms with van der Waals surface area (Å²) in [5, 5.41) is 0. The van der Waals surface area contributed by atoms with E-state index < -0.39 is 6.09 Å². The molecule has 2 amide bonds. The van der Waals surface area contributed by atoms with Crippen LogP contribution in [0.5, 0.6) is 0 Å². The van der Waals surface area contributed by atoms with E-state index in [0.29, 0.717) is 18.5 Å². The van der Waals surface area contributed by atoms with Gasteiger partial charge in [0, 0.05) is 24.9 Å². The zero-order valence-corrected chi connectivity index (χ0v) is 8.45. The Morgan fingerprint density at radius 1 is 1.67 bits per heavy atom. The van der Waals surface area contributed by atoms with Gasteiger partial charge in [-0.25, -0.2) is 9.69 Å². The summed E-state index contributed by atoms with van der Waals surface area (Å²) in [7, 11) is 0. The molecule has 0 spiro atoms. The first-order chi connectivity index (χ1) is 7.24. The summed E-state index contributed by atoms with van der Waals surface area (Å²) in [5.41, 5.74) is 1.45. The first-order valence-corrected chi connectivity index (χ1v) is 4.89. The van der Waals surface area contributed by atoms with Gasteiger partial charge >= 0.3 is 6.09 Å². The number of H-pyrrole nitrogens is 1. The van der Waals surface area contributed by atoms with Crippen LogP contribution >= 0.6 is 0 Å². The summed E-state index contributed by atoms with van der Waals surface area (Å²) in [6.45, 7) is 2.38. The third-order valence-electron chi connectivity index (χ3n) is 2.38. The van der Waals surface area contributed by atoms with Crippen LogP contribution in [0.4, 0.5) is 4.79 Å². The normalized spacial score (nSPS) is 15.0. The molecule has 1 aliphatic heterocycles. The Hall–Kier alpha value is -1.78. The molecule has 1 aromatic rings. The number of aromatic nitrogens is 1. The zero-order chi connectivity index (χ0) is 10.8. The number of imide groups is 1.